The van der Waals surface area contributed by atoms with E-state index in [2.05, 4.69) is 6.58 Å². The van der Waals surface area contributed by atoms with Gasteiger partial charge in [0, 0.05) is 6.16 Å². The molecule has 0 amide bonds. The first-order chi connectivity index (χ1) is 8.88. The van der Waals surface area contributed by atoms with Gasteiger partial charge in [-0.15, -0.1) is 6.58 Å². The van der Waals surface area contributed by atoms with Crippen LogP contribution in [-0.4, -0.2) is 21.6 Å². The van der Waals surface area contributed by atoms with E-state index >= 15 is 0 Å². The number of hydrogen-bond acceptors (Lipinski definition) is 2. The van der Waals surface area contributed by atoms with E-state index in [1.165, 1.54) is 13.0 Å². The van der Waals surface area contributed by atoms with Crippen molar-refractivity contribution in [3.63, 3.8) is 0 Å². The Morgan fingerprint density at radius 2 is 2.00 bits per heavy atom. The van der Waals surface area contributed by atoms with Crippen molar-refractivity contribution in [2.24, 2.45) is 5.92 Å². The molecule has 0 aliphatic rings. The quantitative estimate of drug-likeness (QED) is 0.595. The van der Waals surface area contributed by atoms with E-state index in [0.29, 0.717) is 0 Å². The van der Waals surface area contributed by atoms with Crippen LogP contribution in [0.15, 0.2) is 43.0 Å². The van der Waals surface area contributed by atoms with Crippen molar-refractivity contribution in [3.8, 4) is 0 Å². The summed E-state index contributed by atoms with van der Waals surface area (Å²) in [5.41, 5.74) is -0.0670. The molecule has 0 aromatic heterocycles. The fourth-order valence-electron chi connectivity index (χ4n) is 2.02. The number of aliphatic carboxylic acids is 1. The molecular formula is C14H19O4P. The maximum absolute atomic E-state index is 12.5. The molecule has 19 heavy (non-hydrogen) atoms. The first kappa shape index (κ1) is 15.7. The van der Waals surface area contributed by atoms with Gasteiger partial charge in [-0.05, 0) is 12.0 Å². The molecule has 1 aromatic carbocycles. The largest absolute Gasteiger partial charge is 0.481 e. The van der Waals surface area contributed by atoms with Crippen LogP contribution in [0, 0.1) is 5.92 Å². The lowest BCUT2D eigenvalue weighted by molar-refractivity contribution is -0.141. The summed E-state index contributed by atoms with van der Waals surface area (Å²) < 4.78 is 12.5. The standard InChI is InChI=1S/C14H19O4P/c1-3-7-13(11(2)14(15)16)19(17,18)10-12-8-5-4-6-9-12/h3-6,8-9,11,13H,1,7,10H2,2H3,(H,15,16)(H,17,18). The molecule has 3 atom stereocenters. The fourth-order valence-corrected chi connectivity index (χ4v) is 4.29. The minimum atomic E-state index is -3.60. The molecule has 0 aliphatic heterocycles. The zero-order valence-corrected chi connectivity index (χ0v) is 11.8. The second-order valence-electron chi connectivity index (χ2n) is 4.62. The third-order valence-corrected chi connectivity index (χ3v) is 5.66. The highest BCUT2D eigenvalue weighted by Crippen LogP contribution is 2.53. The van der Waals surface area contributed by atoms with E-state index < -0.39 is 24.9 Å². The van der Waals surface area contributed by atoms with Gasteiger partial charge >= 0.3 is 5.97 Å². The van der Waals surface area contributed by atoms with Gasteiger partial charge in [-0.25, -0.2) is 0 Å². The Bertz CT molecular complexity index is 483. The van der Waals surface area contributed by atoms with Gasteiger partial charge in [-0.1, -0.05) is 43.3 Å². The van der Waals surface area contributed by atoms with E-state index in [0.717, 1.165) is 5.56 Å². The molecule has 0 saturated heterocycles. The first-order valence-corrected chi connectivity index (χ1v) is 7.99. The molecule has 5 heteroatoms. The molecular weight excluding hydrogens is 263 g/mol. The molecule has 0 spiro atoms. The van der Waals surface area contributed by atoms with Crippen LogP contribution >= 0.6 is 7.37 Å². The zero-order valence-electron chi connectivity index (χ0n) is 10.9. The van der Waals surface area contributed by atoms with Gasteiger partial charge in [0.1, 0.15) is 0 Å². The summed E-state index contributed by atoms with van der Waals surface area (Å²) >= 11 is 0. The van der Waals surface area contributed by atoms with Crippen LogP contribution < -0.4 is 0 Å². The minimum absolute atomic E-state index is 0.00995. The number of carboxylic acid groups (broad SMARTS) is 1. The van der Waals surface area contributed by atoms with Gasteiger partial charge in [-0.3, -0.25) is 9.36 Å². The van der Waals surface area contributed by atoms with E-state index in [1.807, 2.05) is 6.07 Å². The highest BCUT2D eigenvalue weighted by atomic mass is 31.2. The van der Waals surface area contributed by atoms with Crippen LogP contribution in [0.1, 0.15) is 18.9 Å². The molecule has 3 unspecified atom stereocenters. The van der Waals surface area contributed by atoms with Crippen LogP contribution in [0.3, 0.4) is 0 Å². The summed E-state index contributed by atoms with van der Waals surface area (Å²) in [6.45, 7) is 5.00. The third kappa shape index (κ3) is 4.34. The number of allylic oxidation sites excluding steroid dienone is 1. The summed E-state index contributed by atoms with van der Waals surface area (Å²) in [6.07, 6.45) is 1.70. The van der Waals surface area contributed by atoms with Crippen LogP contribution in [0.4, 0.5) is 0 Å². The summed E-state index contributed by atoms with van der Waals surface area (Å²) in [6, 6.07) is 8.93. The van der Waals surface area contributed by atoms with Crippen LogP contribution in [0.5, 0.6) is 0 Å². The number of hydrogen-bond donors (Lipinski definition) is 2. The molecule has 2 N–H and O–H groups in total. The average molecular weight is 282 g/mol. The Kier molecular flexibility index (Phi) is 5.52. The van der Waals surface area contributed by atoms with Gasteiger partial charge in [0.15, 0.2) is 0 Å². The Labute approximate surface area is 113 Å². The number of carbonyl (C=O) groups is 1. The molecule has 0 saturated carbocycles. The maximum atomic E-state index is 12.5. The topological polar surface area (TPSA) is 74.6 Å². The highest BCUT2D eigenvalue weighted by Gasteiger charge is 2.37. The average Bonchev–Trinajstić information content (AvgIpc) is 2.35. The van der Waals surface area contributed by atoms with Crippen molar-refractivity contribution in [2.75, 3.05) is 0 Å². The van der Waals surface area contributed by atoms with Gasteiger partial charge in [0.2, 0.25) is 7.37 Å². The summed E-state index contributed by atoms with van der Waals surface area (Å²) in [5, 5.41) is 9.04. The molecule has 1 rings (SSSR count). The molecule has 1 aromatic rings. The molecule has 0 bridgehead atoms. The molecule has 0 radical (unpaired) electrons. The summed E-state index contributed by atoms with van der Waals surface area (Å²) in [7, 11) is -3.60. The first-order valence-electron chi connectivity index (χ1n) is 6.07. The predicted octanol–water partition coefficient (Wildman–Crippen LogP) is 3.12. The van der Waals surface area contributed by atoms with Gasteiger partial charge in [-0.2, -0.15) is 0 Å². The number of benzene rings is 1. The van der Waals surface area contributed by atoms with Gasteiger partial charge < -0.3 is 10.00 Å². The van der Waals surface area contributed by atoms with Crippen molar-refractivity contribution in [3.05, 3.63) is 48.6 Å². The normalized spacial score (nSPS) is 17.2. The molecule has 0 aliphatic carbocycles. The second kappa shape index (κ2) is 6.69. The number of carboxylic acids is 1. The lowest BCUT2D eigenvalue weighted by Gasteiger charge is -2.25. The van der Waals surface area contributed by atoms with Crippen molar-refractivity contribution >= 4 is 13.3 Å². The van der Waals surface area contributed by atoms with E-state index in [1.54, 1.807) is 24.3 Å². The Hall–Kier alpha value is -1.38. The molecule has 0 fully saturated rings. The molecule has 104 valence electrons. The van der Waals surface area contributed by atoms with Crippen molar-refractivity contribution in [2.45, 2.75) is 25.2 Å². The lowest BCUT2D eigenvalue weighted by atomic mass is 10.1. The SMILES string of the molecule is C=CCC(C(C)C(=O)O)P(=O)(O)Cc1ccccc1. The van der Waals surface area contributed by atoms with Crippen molar-refractivity contribution in [1.29, 1.82) is 0 Å². The minimum Gasteiger partial charge on any atom is -0.481 e. The summed E-state index contributed by atoms with van der Waals surface area (Å²) in [5.74, 6) is -1.94. The Morgan fingerprint density at radius 1 is 1.42 bits per heavy atom. The summed E-state index contributed by atoms with van der Waals surface area (Å²) in [4.78, 5) is 21.3. The third-order valence-electron chi connectivity index (χ3n) is 3.15. The van der Waals surface area contributed by atoms with Crippen LogP contribution in [0.2, 0.25) is 0 Å². The van der Waals surface area contributed by atoms with E-state index in [9.17, 15) is 14.3 Å². The highest BCUT2D eigenvalue weighted by molar-refractivity contribution is 7.58. The maximum Gasteiger partial charge on any atom is 0.307 e. The van der Waals surface area contributed by atoms with Gasteiger partial charge in [0.25, 0.3) is 0 Å². The number of rotatable bonds is 7. The Morgan fingerprint density at radius 3 is 2.47 bits per heavy atom. The fraction of sp³-hybridized carbons (Fsp3) is 0.357. The predicted molar refractivity (Wildman–Crippen MR) is 75.4 cm³/mol. The monoisotopic (exact) mass is 282 g/mol. The van der Waals surface area contributed by atoms with Gasteiger partial charge in [0.05, 0.1) is 11.6 Å². The zero-order chi connectivity index (χ0) is 14.5. The molecule has 4 nitrogen and oxygen atoms in total. The molecule has 0 heterocycles. The Balaban J connectivity index is 2.96. The van der Waals surface area contributed by atoms with Crippen LogP contribution in [-0.2, 0) is 15.5 Å². The van der Waals surface area contributed by atoms with Crippen LogP contribution in [0.25, 0.3) is 0 Å². The van der Waals surface area contributed by atoms with E-state index in [-0.39, 0.29) is 12.6 Å². The van der Waals surface area contributed by atoms with Crippen molar-refractivity contribution in [1.82, 2.24) is 0 Å². The van der Waals surface area contributed by atoms with E-state index in [4.69, 9.17) is 5.11 Å². The lowest BCUT2D eigenvalue weighted by Crippen LogP contribution is -2.26. The van der Waals surface area contributed by atoms with Crippen molar-refractivity contribution < 1.29 is 19.4 Å². The second-order valence-corrected chi connectivity index (χ2v) is 7.11. The smallest absolute Gasteiger partial charge is 0.307 e.